The summed E-state index contributed by atoms with van der Waals surface area (Å²) < 4.78 is 0. The van der Waals surface area contributed by atoms with Crippen molar-refractivity contribution in [1.82, 2.24) is 0 Å². The molecule has 0 amide bonds. The number of aryl methyl sites for hydroxylation is 1. The van der Waals surface area contributed by atoms with Gasteiger partial charge >= 0.3 is 0 Å². The van der Waals surface area contributed by atoms with E-state index in [0.29, 0.717) is 22.7 Å². The monoisotopic (exact) mass is 299 g/mol. The second kappa shape index (κ2) is 5.62. The number of hydrogen-bond donors (Lipinski definition) is 2. The van der Waals surface area contributed by atoms with Crippen LogP contribution in [0.25, 0.3) is 0 Å². The molecule has 2 N–H and O–H groups in total. The van der Waals surface area contributed by atoms with Crippen molar-refractivity contribution >= 4 is 23.1 Å². The molecule has 0 aromatic heterocycles. The number of aromatic hydroxyl groups is 1. The number of halogens is 1. The van der Waals surface area contributed by atoms with Gasteiger partial charge in [0.1, 0.15) is 5.75 Å². The molecule has 106 valence electrons. The number of ketones is 1. The molecule has 0 atom stereocenters. The number of hydrogen-bond acceptors (Lipinski definition) is 3. The molecule has 21 heavy (non-hydrogen) atoms. The number of fused-ring (bicyclic) bond motifs is 1. The third-order valence-corrected chi connectivity index (χ3v) is 3.81. The number of phenols is 1. The fourth-order valence-electron chi connectivity index (χ4n) is 2.44. The number of allylic oxidation sites excluding steroid dienone is 1. The molecule has 0 bridgehead atoms. The molecule has 1 aliphatic carbocycles. The molecule has 0 saturated carbocycles. The molecule has 4 heteroatoms. The second-order valence-corrected chi connectivity index (χ2v) is 5.40. The van der Waals surface area contributed by atoms with Crippen molar-refractivity contribution in [2.45, 2.75) is 12.8 Å². The van der Waals surface area contributed by atoms with Gasteiger partial charge in [-0.25, -0.2) is 0 Å². The molecule has 0 fully saturated rings. The lowest BCUT2D eigenvalue weighted by Crippen LogP contribution is -2.15. The summed E-state index contributed by atoms with van der Waals surface area (Å²) in [6, 6.07) is 12.4. The number of anilines is 1. The number of Topliss-reactive ketones (excluding diaryl/α,β-unsaturated/α-hetero) is 1. The van der Waals surface area contributed by atoms with Gasteiger partial charge in [-0.3, -0.25) is 4.79 Å². The van der Waals surface area contributed by atoms with Crippen LogP contribution in [0.2, 0.25) is 5.02 Å². The van der Waals surface area contributed by atoms with Gasteiger partial charge in [0.2, 0.25) is 0 Å². The van der Waals surface area contributed by atoms with Crippen LogP contribution >= 0.6 is 11.6 Å². The van der Waals surface area contributed by atoms with Gasteiger partial charge in [-0.05, 0) is 36.6 Å². The third kappa shape index (κ3) is 2.78. The van der Waals surface area contributed by atoms with E-state index in [0.717, 1.165) is 17.5 Å². The molecule has 2 aromatic carbocycles. The topological polar surface area (TPSA) is 49.3 Å². The lowest BCUT2D eigenvalue weighted by Gasteiger charge is -2.17. The average molecular weight is 300 g/mol. The van der Waals surface area contributed by atoms with Gasteiger partial charge in [0.25, 0.3) is 0 Å². The van der Waals surface area contributed by atoms with Crippen LogP contribution in [0.4, 0.5) is 5.69 Å². The van der Waals surface area contributed by atoms with Crippen molar-refractivity contribution in [1.29, 1.82) is 0 Å². The Morgan fingerprint density at radius 3 is 2.81 bits per heavy atom. The smallest absolute Gasteiger partial charge is 0.190 e. The predicted octanol–water partition coefficient (Wildman–Crippen LogP) is 4.17. The number of carbonyl (C=O) groups excluding carboxylic acids is 1. The zero-order chi connectivity index (χ0) is 14.8. The lowest BCUT2D eigenvalue weighted by molar-refractivity contribution is 0.102. The summed E-state index contributed by atoms with van der Waals surface area (Å²) in [6.07, 6.45) is 3.19. The summed E-state index contributed by atoms with van der Waals surface area (Å²) in [7, 11) is 0. The first kappa shape index (κ1) is 13.7. The quantitative estimate of drug-likeness (QED) is 0.646. The van der Waals surface area contributed by atoms with Crippen LogP contribution in [-0.2, 0) is 6.42 Å². The molecule has 3 rings (SSSR count). The first-order valence-corrected chi connectivity index (χ1v) is 7.09. The van der Waals surface area contributed by atoms with Crippen molar-refractivity contribution in [3.05, 3.63) is 70.4 Å². The maximum absolute atomic E-state index is 12.4. The van der Waals surface area contributed by atoms with Crippen LogP contribution in [0, 0.1) is 0 Å². The van der Waals surface area contributed by atoms with Crippen molar-refractivity contribution < 1.29 is 9.90 Å². The Bertz CT molecular complexity index is 737. The zero-order valence-corrected chi connectivity index (χ0v) is 12.0. The van der Waals surface area contributed by atoms with E-state index in [1.54, 1.807) is 18.3 Å². The maximum Gasteiger partial charge on any atom is 0.190 e. The number of benzene rings is 2. The fraction of sp³-hybridized carbons (Fsp3) is 0.118. The highest BCUT2D eigenvalue weighted by molar-refractivity contribution is 6.30. The highest BCUT2D eigenvalue weighted by atomic mass is 35.5. The SMILES string of the molecule is O=C1/C(=C\Nc2cc(Cl)ccc2O)CCc2ccccc21. The molecule has 0 aliphatic heterocycles. The van der Waals surface area contributed by atoms with Crippen LogP contribution in [0.1, 0.15) is 22.3 Å². The van der Waals surface area contributed by atoms with Gasteiger partial charge in [-0.15, -0.1) is 0 Å². The molecule has 0 spiro atoms. The highest BCUT2D eigenvalue weighted by Crippen LogP contribution is 2.28. The minimum Gasteiger partial charge on any atom is -0.506 e. The minimum atomic E-state index is 0.0332. The Kier molecular flexibility index (Phi) is 3.67. The second-order valence-electron chi connectivity index (χ2n) is 4.96. The summed E-state index contributed by atoms with van der Waals surface area (Å²) in [4.78, 5) is 12.4. The molecule has 0 heterocycles. The summed E-state index contributed by atoms with van der Waals surface area (Å²) in [5.41, 5.74) is 3.03. The minimum absolute atomic E-state index is 0.0332. The van der Waals surface area contributed by atoms with E-state index in [-0.39, 0.29) is 11.5 Å². The average Bonchev–Trinajstić information content (AvgIpc) is 2.50. The van der Waals surface area contributed by atoms with Crippen LogP contribution in [-0.4, -0.2) is 10.9 Å². The molecular formula is C17H14ClNO2. The summed E-state index contributed by atoms with van der Waals surface area (Å²) in [5, 5.41) is 13.2. The van der Waals surface area contributed by atoms with Gasteiger partial charge in [-0.1, -0.05) is 35.9 Å². The molecule has 0 saturated heterocycles. The number of phenolic OH excluding ortho intramolecular Hbond substituents is 1. The Balaban J connectivity index is 1.85. The molecule has 0 radical (unpaired) electrons. The number of rotatable bonds is 2. The Morgan fingerprint density at radius 2 is 1.95 bits per heavy atom. The van der Waals surface area contributed by atoms with Gasteiger partial charge in [0, 0.05) is 22.4 Å². The summed E-state index contributed by atoms with van der Waals surface area (Å²) in [6.45, 7) is 0. The van der Waals surface area contributed by atoms with Crippen molar-refractivity contribution in [2.24, 2.45) is 0 Å². The van der Waals surface area contributed by atoms with Crippen molar-refractivity contribution in [3.63, 3.8) is 0 Å². The third-order valence-electron chi connectivity index (χ3n) is 3.58. The van der Waals surface area contributed by atoms with Crippen molar-refractivity contribution in [3.8, 4) is 5.75 Å². The Morgan fingerprint density at radius 1 is 1.14 bits per heavy atom. The summed E-state index contributed by atoms with van der Waals surface area (Å²) in [5.74, 6) is 0.130. The highest BCUT2D eigenvalue weighted by Gasteiger charge is 2.21. The van der Waals surface area contributed by atoms with Crippen LogP contribution in [0.15, 0.2) is 54.2 Å². The first-order valence-electron chi connectivity index (χ1n) is 6.72. The number of nitrogens with one attached hydrogen (secondary N) is 1. The van der Waals surface area contributed by atoms with E-state index >= 15 is 0 Å². The first-order chi connectivity index (χ1) is 10.1. The van der Waals surface area contributed by atoms with E-state index in [1.165, 1.54) is 6.07 Å². The van der Waals surface area contributed by atoms with Gasteiger partial charge < -0.3 is 10.4 Å². The van der Waals surface area contributed by atoms with E-state index in [2.05, 4.69) is 5.32 Å². The summed E-state index contributed by atoms with van der Waals surface area (Å²) >= 11 is 5.90. The normalized spacial score (nSPS) is 15.9. The largest absolute Gasteiger partial charge is 0.506 e. The Hall–Kier alpha value is -2.26. The maximum atomic E-state index is 12.4. The van der Waals surface area contributed by atoms with Crippen LogP contribution < -0.4 is 5.32 Å². The lowest BCUT2D eigenvalue weighted by atomic mass is 9.87. The number of carbonyl (C=O) groups is 1. The molecule has 2 aromatic rings. The van der Waals surface area contributed by atoms with Gasteiger partial charge in [0.15, 0.2) is 5.78 Å². The van der Waals surface area contributed by atoms with Crippen LogP contribution in [0.5, 0.6) is 5.75 Å². The standard InChI is InChI=1S/C17H14ClNO2/c18-13-7-8-16(20)15(9-13)19-10-12-6-5-11-3-1-2-4-14(11)17(12)21/h1-4,7-10,19-20H,5-6H2/b12-10-. The van der Waals surface area contributed by atoms with E-state index in [4.69, 9.17) is 11.6 Å². The fourth-order valence-corrected chi connectivity index (χ4v) is 2.61. The molecule has 3 nitrogen and oxygen atoms in total. The molecular weight excluding hydrogens is 286 g/mol. The van der Waals surface area contributed by atoms with Crippen molar-refractivity contribution in [2.75, 3.05) is 5.32 Å². The molecule has 0 unspecified atom stereocenters. The molecule has 1 aliphatic rings. The van der Waals surface area contributed by atoms with Gasteiger partial charge in [0.05, 0.1) is 5.69 Å². The van der Waals surface area contributed by atoms with E-state index in [9.17, 15) is 9.90 Å². The Labute approximate surface area is 127 Å². The zero-order valence-electron chi connectivity index (χ0n) is 11.3. The predicted molar refractivity (Wildman–Crippen MR) is 83.9 cm³/mol. The van der Waals surface area contributed by atoms with E-state index in [1.807, 2.05) is 24.3 Å². The van der Waals surface area contributed by atoms with Crippen LogP contribution in [0.3, 0.4) is 0 Å². The van der Waals surface area contributed by atoms with E-state index < -0.39 is 0 Å². The van der Waals surface area contributed by atoms with Gasteiger partial charge in [-0.2, -0.15) is 0 Å².